The zero-order valence-corrected chi connectivity index (χ0v) is 15.8. The van der Waals surface area contributed by atoms with Crippen LogP contribution in [0.25, 0.3) is 0 Å². The molecule has 2 aromatic carbocycles. The number of hydrogen-bond acceptors (Lipinski definition) is 6. The Morgan fingerprint density at radius 3 is 2.04 bits per heavy atom. The predicted molar refractivity (Wildman–Crippen MR) is 83.2 cm³/mol. The molecule has 0 amide bonds. The van der Waals surface area contributed by atoms with Gasteiger partial charge in [0, 0.05) is 14.0 Å². The molecular formula is C16H13BF2NaO6. The first-order valence-corrected chi connectivity index (χ1v) is 6.85. The molecule has 4 rings (SSSR count). The maximum absolute atomic E-state index is 13.0. The molecular weight excluding hydrogens is 360 g/mol. The van der Waals surface area contributed by atoms with E-state index >= 15 is 0 Å². The zero-order valence-electron chi connectivity index (χ0n) is 14.8. The van der Waals surface area contributed by atoms with Gasteiger partial charge in [-0.2, -0.15) is 0 Å². The Labute approximate surface area is 173 Å². The summed E-state index contributed by atoms with van der Waals surface area (Å²) in [6.07, 6.45) is 0.561. The number of rotatable bonds is 2. The minimum Gasteiger partial charge on any atom is -1.00 e. The minimum absolute atomic E-state index is 0. The topological polar surface area (TPSA) is 74.2 Å². The Hall–Kier alpha value is -1.81. The van der Waals surface area contributed by atoms with Gasteiger partial charge in [0.2, 0.25) is 25.1 Å². The van der Waals surface area contributed by atoms with Crippen molar-refractivity contribution >= 4 is 14.7 Å². The summed E-state index contributed by atoms with van der Waals surface area (Å²) in [6.45, 7) is -0.150. The Morgan fingerprint density at radius 2 is 1.50 bits per heavy atom. The molecule has 0 bridgehead atoms. The van der Waals surface area contributed by atoms with Gasteiger partial charge in [-0.1, -0.05) is 0 Å². The summed E-state index contributed by atoms with van der Waals surface area (Å²) in [4.78, 5) is 10.3. The van der Waals surface area contributed by atoms with Crippen LogP contribution >= 0.6 is 0 Å². The first kappa shape index (κ1) is 22.2. The molecule has 1 N–H and O–H groups in total. The van der Waals surface area contributed by atoms with Crippen LogP contribution in [0.4, 0.5) is 8.78 Å². The van der Waals surface area contributed by atoms with Crippen LogP contribution < -0.4 is 48.5 Å². The van der Waals surface area contributed by atoms with Crippen molar-refractivity contribution in [3.05, 3.63) is 47.0 Å². The van der Waals surface area contributed by atoms with E-state index in [1.165, 1.54) is 12.1 Å². The number of benzene rings is 2. The molecule has 0 fully saturated rings. The van der Waals surface area contributed by atoms with Gasteiger partial charge in [-0.25, -0.2) is 8.78 Å². The molecule has 6 nitrogen and oxygen atoms in total. The van der Waals surface area contributed by atoms with Crippen molar-refractivity contribution in [2.45, 2.75) is 6.61 Å². The van der Waals surface area contributed by atoms with E-state index in [1.807, 2.05) is 0 Å². The van der Waals surface area contributed by atoms with E-state index < -0.39 is 11.6 Å². The molecule has 2 aliphatic heterocycles. The van der Waals surface area contributed by atoms with Crippen molar-refractivity contribution in [1.82, 2.24) is 0 Å². The van der Waals surface area contributed by atoms with Crippen LogP contribution in [0.3, 0.4) is 0 Å². The van der Waals surface area contributed by atoms with Crippen LogP contribution in [-0.2, 0) is 6.61 Å². The van der Waals surface area contributed by atoms with E-state index in [9.17, 15) is 13.6 Å². The number of aliphatic hydroxyl groups excluding tert-OH is 1. The Kier molecular flexibility index (Phi) is 8.36. The number of carbonyl (C=O) groups excluding carboxylic acids is 1. The number of aldehydes is 1. The molecule has 0 saturated carbocycles. The van der Waals surface area contributed by atoms with E-state index in [4.69, 9.17) is 24.1 Å². The molecule has 2 aliphatic rings. The molecule has 10 heteroatoms. The third-order valence-corrected chi connectivity index (χ3v) is 3.26. The maximum Gasteiger partial charge on any atom is 1.00 e. The molecule has 0 spiro atoms. The molecule has 0 aromatic heterocycles. The largest absolute Gasteiger partial charge is 1.00 e. The number of ether oxygens (including phenoxy) is 4. The number of halogens is 2. The van der Waals surface area contributed by atoms with Gasteiger partial charge in [0.15, 0.2) is 23.1 Å². The third-order valence-electron chi connectivity index (χ3n) is 3.26. The summed E-state index contributed by atoms with van der Waals surface area (Å²) in [5.74, 6) is -0.190. The van der Waals surface area contributed by atoms with Crippen molar-refractivity contribution in [2.24, 2.45) is 0 Å². The van der Waals surface area contributed by atoms with Gasteiger partial charge in [-0.15, -0.1) is 0 Å². The van der Waals surface area contributed by atoms with Gasteiger partial charge in [-0.05, 0) is 29.8 Å². The van der Waals surface area contributed by atoms with Gasteiger partial charge in [0.05, 0.1) is 6.61 Å². The van der Waals surface area contributed by atoms with Crippen LogP contribution in [-0.4, -0.2) is 33.4 Å². The van der Waals surface area contributed by atoms with Crippen molar-refractivity contribution in [2.75, 3.05) is 13.6 Å². The fraction of sp³-hybridized carbons (Fsp3) is 0.188. The van der Waals surface area contributed by atoms with E-state index in [0.29, 0.717) is 17.6 Å². The number of carbonyl (C=O) groups is 1. The van der Waals surface area contributed by atoms with E-state index in [1.54, 1.807) is 6.07 Å². The second-order valence-electron chi connectivity index (χ2n) is 4.82. The normalized spacial score (nSPS) is 12.3. The minimum atomic E-state index is -0.563. The second kappa shape index (κ2) is 9.77. The molecule has 2 heterocycles. The van der Waals surface area contributed by atoms with E-state index in [2.05, 4.69) is 0 Å². The first-order valence-electron chi connectivity index (χ1n) is 6.85. The summed E-state index contributed by atoms with van der Waals surface area (Å²) in [7, 11) is 0. The molecule has 0 aliphatic carbocycles. The fourth-order valence-electron chi connectivity index (χ4n) is 2.17. The standard InChI is InChI=1S/C8H7FO3.C8H5FO3.B.Na.H/c2*9-6-1-5(3-10)2-7-8(6)12-4-11-7;;;/h1-2,10H,3-4H2;1-3H,4H2;;;/q;;;+1;-1. The fourth-order valence-corrected chi connectivity index (χ4v) is 2.17. The first-order chi connectivity index (χ1) is 11.6. The average Bonchev–Trinajstić information content (AvgIpc) is 3.24. The van der Waals surface area contributed by atoms with Crippen molar-refractivity contribution in [3.63, 3.8) is 0 Å². The molecule has 131 valence electrons. The summed E-state index contributed by atoms with van der Waals surface area (Å²) in [5.41, 5.74) is 0.730. The molecule has 26 heavy (non-hydrogen) atoms. The SMILES string of the molecule is O=Cc1cc(F)c2c(c1)OCO2.OCc1cc(F)c2c(c1)OCO2.[B].[H-].[Na+]. The van der Waals surface area contributed by atoms with Gasteiger partial charge in [0.25, 0.3) is 0 Å². The number of aliphatic hydroxyl groups is 1. The van der Waals surface area contributed by atoms with Crippen LogP contribution in [0, 0.1) is 11.6 Å². The molecule has 0 atom stereocenters. The van der Waals surface area contributed by atoms with Crippen LogP contribution in [0.5, 0.6) is 23.0 Å². The van der Waals surface area contributed by atoms with Gasteiger partial charge >= 0.3 is 29.6 Å². The van der Waals surface area contributed by atoms with Crippen LogP contribution in [0.1, 0.15) is 17.3 Å². The molecule has 0 saturated heterocycles. The molecule has 0 unspecified atom stereocenters. The maximum atomic E-state index is 13.0. The van der Waals surface area contributed by atoms with Crippen LogP contribution in [0.2, 0.25) is 0 Å². The van der Waals surface area contributed by atoms with E-state index in [0.717, 1.165) is 6.07 Å². The Bertz CT molecular complexity index is 796. The third kappa shape index (κ3) is 4.67. The zero-order chi connectivity index (χ0) is 17.1. The molecule has 2 aromatic rings. The van der Waals surface area contributed by atoms with Crippen molar-refractivity contribution in [1.29, 1.82) is 0 Å². The monoisotopic (exact) mass is 373 g/mol. The van der Waals surface area contributed by atoms with Gasteiger partial charge in [0.1, 0.15) is 6.29 Å². The van der Waals surface area contributed by atoms with Gasteiger partial charge < -0.3 is 25.5 Å². The average molecular weight is 373 g/mol. The smallest absolute Gasteiger partial charge is 1.00 e. The quantitative estimate of drug-likeness (QED) is 0.546. The number of fused-ring (bicyclic) bond motifs is 2. The predicted octanol–water partition coefficient (Wildman–Crippen LogP) is -0.851. The van der Waals surface area contributed by atoms with Gasteiger partial charge in [-0.3, -0.25) is 4.79 Å². The summed E-state index contributed by atoms with van der Waals surface area (Å²) in [6, 6.07) is 5.35. The Balaban J connectivity index is 0.000000451. The summed E-state index contributed by atoms with van der Waals surface area (Å²) >= 11 is 0. The van der Waals surface area contributed by atoms with E-state index in [-0.39, 0.29) is 82.4 Å². The molecule has 3 radical (unpaired) electrons. The summed E-state index contributed by atoms with van der Waals surface area (Å²) in [5, 5.41) is 8.73. The van der Waals surface area contributed by atoms with Crippen molar-refractivity contribution < 1.29 is 68.6 Å². The van der Waals surface area contributed by atoms with Crippen LogP contribution in [0.15, 0.2) is 24.3 Å². The Morgan fingerprint density at radius 1 is 0.962 bits per heavy atom. The number of hydrogen-bond donors (Lipinski definition) is 1. The summed E-state index contributed by atoms with van der Waals surface area (Å²) < 4.78 is 45.5. The second-order valence-corrected chi connectivity index (χ2v) is 4.82. The van der Waals surface area contributed by atoms with Crippen molar-refractivity contribution in [3.8, 4) is 23.0 Å².